The zero-order valence-electron chi connectivity index (χ0n) is 6.84. The molecule has 0 bridgehead atoms. The van der Waals surface area contributed by atoms with E-state index < -0.39 is 0 Å². The monoisotopic (exact) mass is 164 g/mol. The minimum atomic E-state index is -0.0231. The fourth-order valence-electron chi connectivity index (χ4n) is 1.15. The van der Waals surface area contributed by atoms with Gasteiger partial charge in [0.15, 0.2) is 0 Å². The number of H-pyrrole nitrogens is 1. The zero-order chi connectivity index (χ0) is 8.39. The van der Waals surface area contributed by atoms with E-state index in [1.807, 2.05) is 6.07 Å². The standard InChI is InChI=1S/C9H12N2O/c12-9-5-7(3-4-10-9)6-11-8-1-2-8/h3-5,8,11H,1-2,6H2,(H,10,12). The number of pyridine rings is 1. The van der Waals surface area contributed by atoms with Crippen LogP contribution in [0.1, 0.15) is 18.4 Å². The van der Waals surface area contributed by atoms with Crippen LogP contribution < -0.4 is 10.9 Å². The minimum absolute atomic E-state index is 0.0231. The van der Waals surface area contributed by atoms with Gasteiger partial charge < -0.3 is 10.3 Å². The third-order valence-electron chi connectivity index (χ3n) is 2.01. The van der Waals surface area contributed by atoms with Crippen molar-refractivity contribution in [3.8, 4) is 0 Å². The molecule has 3 heteroatoms. The molecule has 2 N–H and O–H groups in total. The van der Waals surface area contributed by atoms with Gasteiger partial charge in [0, 0.05) is 24.8 Å². The van der Waals surface area contributed by atoms with Gasteiger partial charge in [0.1, 0.15) is 0 Å². The van der Waals surface area contributed by atoms with E-state index in [0.717, 1.165) is 12.1 Å². The molecular formula is C9H12N2O. The van der Waals surface area contributed by atoms with Crippen molar-refractivity contribution in [3.05, 3.63) is 34.2 Å². The molecule has 0 aliphatic heterocycles. The Bertz CT molecular complexity index is 314. The summed E-state index contributed by atoms with van der Waals surface area (Å²) in [5, 5.41) is 3.35. The van der Waals surface area contributed by atoms with E-state index in [1.54, 1.807) is 12.3 Å². The molecule has 1 saturated carbocycles. The third kappa shape index (κ3) is 1.95. The minimum Gasteiger partial charge on any atom is -0.329 e. The van der Waals surface area contributed by atoms with Crippen LogP contribution in [0.3, 0.4) is 0 Å². The summed E-state index contributed by atoms with van der Waals surface area (Å²) in [4.78, 5) is 13.5. The lowest BCUT2D eigenvalue weighted by molar-refractivity contribution is 0.686. The molecule has 1 aromatic heterocycles. The molecule has 1 heterocycles. The molecule has 3 nitrogen and oxygen atoms in total. The predicted octanol–water partition coefficient (Wildman–Crippen LogP) is 0.627. The summed E-state index contributed by atoms with van der Waals surface area (Å²) >= 11 is 0. The van der Waals surface area contributed by atoms with Gasteiger partial charge in [0.2, 0.25) is 5.56 Å². The summed E-state index contributed by atoms with van der Waals surface area (Å²) < 4.78 is 0. The first-order valence-electron chi connectivity index (χ1n) is 4.25. The van der Waals surface area contributed by atoms with Gasteiger partial charge in [-0.15, -0.1) is 0 Å². The van der Waals surface area contributed by atoms with Crippen LogP contribution in [0.4, 0.5) is 0 Å². The summed E-state index contributed by atoms with van der Waals surface area (Å²) in [5.41, 5.74) is 1.04. The Labute approximate surface area is 70.8 Å². The van der Waals surface area contributed by atoms with Gasteiger partial charge in [-0.3, -0.25) is 4.79 Å². The number of aromatic nitrogens is 1. The maximum absolute atomic E-state index is 10.9. The maximum Gasteiger partial charge on any atom is 0.248 e. The van der Waals surface area contributed by atoms with Gasteiger partial charge in [-0.05, 0) is 24.5 Å². The summed E-state index contributed by atoms with van der Waals surface area (Å²) in [5.74, 6) is 0. The third-order valence-corrected chi connectivity index (χ3v) is 2.01. The molecule has 0 aromatic carbocycles. The highest BCUT2D eigenvalue weighted by atomic mass is 16.1. The van der Waals surface area contributed by atoms with Crippen LogP contribution in [0.5, 0.6) is 0 Å². The number of aromatic amines is 1. The van der Waals surface area contributed by atoms with Crippen LogP contribution in [-0.4, -0.2) is 11.0 Å². The van der Waals surface area contributed by atoms with Crippen LogP contribution in [0.2, 0.25) is 0 Å². The Morgan fingerprint density at radius 3 is 3.08 bits per heavy atom. The molecule has 0 saturated heterocycles. The molecule has 1 aromatic rings. The molecule has 1 aliphatic carbocycles. The topological polar surface area (TPSA) is 44.9 Å². The van der Waals surface area contributed by atoms with Gasteiger partial charge in [-0.2, -0.15) is 0 Å². The van der Waals surface area contributed by atoms with Crippen LogP contribution >= 0.6 is 0 Å². The fraction of sp³-hybridized carbons (Fsp3) is 0.444. The molecular weight excluding hydrogens is 152 g/mol. The fourth-order valence-corrected chi connectivity index (χ4v) is 1.15. The normalized spacial score (nSPS) is 16.3. The first-order valence-corrected chi connectivity index (χ1v) is 4.25. The van der Waals surface area contributed by atoms with Gasteiger partial charge in [0.25, 0.3) is 0 Å². The Hall–Kier alpha value is -1.09. The van der Waals surface area contributed by atoms with Crippen LogP contribution in [0.25, 0.3) is 0 Å². The van der Waals surface area contributed by atoms with Crippen molar-refractivity contribution in [1.29, 1.82) is 0 Å². The Balaban J connectivity index is 1.97. The lowest BCUT2D eigenvalue weighted by atomic mass is 10.3. The summed E-state index contributed by atoms with van der Waals surface area (Å²) in [6.07, 6.45) is 4.25. The maximum atomic E-state index is 10.9. The highest BCUT2D eigenvalue weighted by Gasteiger charge is 2.19. The number of hydrogen-bond acceptors (Lipinski definition) is 2. The smallest absolute Gasteiger partial charge is 0.248 e. The second-order valence-electron chi connectivity index (χ2n) is 3.22. The number of nitrogens with one attached hydrogen (secondary N) is 2. The van der Waals surface area contributed by atoms with E-state index in [4.69, 9.17) is 0 Å². The van der Waals surface area contributed by atoms with Crippen molar-refractivity contribution >= 4 is 0 Å². The highest BCUT2D eigenvalue weighted by Crippen LogP contribution is 2.18. The van der Waals surface area contributed by atoms with Crippen molar-refractivity contribution in [2.45, 2.75) is 25.4 Å². The van der Waals surface area contributed by atoms with Crippen molar-refractivity contribution in [2.24, 2.45) is 0 Å². The van der Waals surface area contributed by atoms with Crippen LogP contribution in [-0.2, 0) is 6.54 Å². The van der Waals surface area contributed by atoms with E-state index in [0.29, 0.717) is 6.04 Å². The second-order valence-corrected chi connectivity index (χ2v) is 3.22. The van der Waals surface area contributed by atoms with Crippen molar-refractivity contribution in [3.63, 3.8) is 0 Å². The van der Waals surface area contributed by atoms with Crippen molar-refractivity contribution in [1.82, 2.24) is 10.3 Å². The lowest BCUT2D eigenvalue weighted by Crippen LogP contribution is -2.17. The zero-order valence-corrected chi connectivity index (χ0v) is 6.84. The number of hydrogen-bond donors (Lipinski definition) is 2. The van der Waals surface area contributed by atoms with Crippen LogP contribution in [0.15, 0.2) is 23.1 Å². The van der Waals surface area contributed by atoms with Gasteiger partial charge in [0.05, 0.1) is 0 Å². The Morgan fingerprint density at radius 1 is 1.58 bits per heavy atom. The SMILES string of the molecule is O=c1cc(CNC2CC2)cc[nH]1. The Kier molecular flexibility index (Phi) is 1.96. The average molecular weight is 164 g/mol. The second kappa shape index (κ2) is 3.11. The summed E-state index contributed by atoms with van der Waals surface area (Å²) in [7, 11) is 0. The van der Waals surface area contributed by atoms with Gasteiger partial charge in [-0.25, -0.2) is 0 Å². The van der Waals surface area contributed by atoms with E-state index in [1.165, 1.54) is 12.8 Å². The largest absolute Gasteiger partial charge is 0.329 e. The van der Waals surface area contributed by atoms with Crippen molar-refractivity contribution < 1.29 is 0 Å². The first kappa shape index (κ1) is 7.55. The van der Waals surface area contributed by atoms with E-state index in [2.05, 4.69) is 10.3 Å². The lowest BCUT2D eigenvalue weighted by Gasteiger charge is -2.00. The quantitative estimate of drug-likeness (QED) is 0.688. The highest BCUT2D eigenvalue weighted by molar-refractivity contribution is 5.09. The molecule has 64 valence electrons. The van der Waals surface area contributed by atoms with E-state index >= 15 is 0 Å². The summed E-state index contributed by atoms with van der Waals surface area (Å²) in [6.45, 7) is 0.814. The predicted molar refractivity (Wildman–Crippen MR) is 46.9 cm³/mol. The van der Waals surface area contributed by atoms with Crippen LogP contribution in [0, 0.1) is 0 Å². The van der Waals surface area contributed by atoms with Gasteiger partial charge >= 0.3 is 0 Å². The molecule has 2 rings (SSSR count). The van der Waals surface area contributed by atoms with Crippen molar-refractivity contribution in [2.75, 3.05) is 0 Å². The molecule has 1 aliphatic rings. The van der Waals surface area contributed by atoms with E-state index in [-0.39, 0.29) is 5.56 Å². The van der Waals surface area contributed by atoms with E-state index in [9.17, 15) is 4.79 Å². The molecule has 1 fully saturated rings. The van der Waals surface area contributed by atoms with Gasteiger partial charge in [-0.1, -0.05) is 0 Å². The molecule has 0 atom stereocenters. The molecule has 0 spiro atoms. The number of rotatable bonds is 3. The molecule has 0 unspecified atom stereocenters. The average Bonchev–Trinajstić information content (AvgIpc) is 2.84. The molecule has 0 radical (unpaired) electrons. The summed E-state index contributed by atoms with van der Waals surface area (Å²) in [6, 6.07) is 4.26. The molecule has 0 amide bonds. The first-order chi connectivity index (χ1) is 5.84. The Morgan fingerprint density at radius 2 is 2.42 bits per heavy atom. The molecule has 12 heavy (non-hydrogen) atoms.